The maximum absolute atomic E-state index is 12.7. The van der Waals surface area contributed by atoms with Crippen molar-refractivity contribution in [2.75, 3.05) is 25.0 Å². The summed E-state index contributed by atoms with van der Waals surface area (Å²) in [6, 6.07) is 15.8. The molecule has 158 valence electrons. The molecule has 5 rings (SSSR count). The predicted octanol–water partition coefficient (Wildman–Crippen LogP) is 3.46. The fourth-order valence-electron chi connectivity index (χ4n) is 3.86. The van der Waals surface area contributed by atoms with Crippen LogP contribution >= 0.6 is 0 Å². The first kappa shape index (κ1) is 19.5. The fourth-order valence-corrected chi connectivity index (χ4v) is 3.86. The second kappa shape index (κ2) is 8.75. The molecular formula is C24H24N4O3. The quantitative estimate of drug-likeness (QED) is 0.503. The summed E-state index contributed by atoms with van der Waals surface area (Å²) in [4.78, 5) is 12.7. The number of morpholine rings is 1. The lowest BCUT2D eigenvalue weighted by Gasteiger charge is -2.23. The molecule has 7 nitrogen and oxygen atoms in total. The highest BCUT2D eigenvalue weighted by molar-refractivity contribution is 6.04. The van der Waals surface area contributed by atoms with E-state index in [0.717, 1.165) is 48.2 Å². The van der Waals surface area contributed by atoms with E-state index in [1.54, 1.807) is 23.3 Å². The topological polar surface area (TPSA) is 81.3 Å². The minimum atomic E-state index is -0.202. The molecule has 1 unspecified atom stereocenters. The zero-order valence-electron chi connectivity index (χ0n) is 17.1. The normalized spacial score (nSPS) is 16.5. The molecule has 0 aliphatic carbocycles. The standard InChI is InChI=1S/C24H24N4O3/c29-24(19-12-26-28(15-19)14-17-4-2-1-3-5-17)27-20-6-7-22-18(16-31-23(22)11-20)10-21-13-25-8-9-30-21/h1-7,11-12,15-16,21,25H,8-10,13-14H2,(H,27,29). The second-order valence-electron chi connectivity index (χ2n) is 7.74. The number of amides is 1. The van der Waals surface area contributed by atoms with Gasteiger partial charge in [0.15, 0.2) is 0 Å². The van der Waals surface area contributed by atoms with E-state index in [4.69, 9.17) is 9.15 Å². The summed E-state index contributed by atoms with van der Waals surface area (Å²) in [5.74, 6) is -0.202. The van der Waals surface area contributed by atoms with Crippen molar-refractivity contribution in [3.05, 3.63) is 83.9 Å². The van der Waals surface area contributed by atoms with Gasteiger partial charge in [0, 0.05) is 48.4 Å². The van der Waals surface area contributed by atoms with Crippen LogP contribution in [0.15, 0.2) is 71.6 Å². The van der Waals surface area contributed by atoms with E-state index in [1.807, 2.05) is 48.5 Å². The molecule has 0 spiro atoms. The van der Waals surface area contributed by atoms with E-state index >= 15 is 0 Å². The molecule has 31 heavy (non-hydrogen) atoms. The maximum atomic E-state index is 12.7. The number of hydrogen-bond acceptors (Lipinski definition) is 5. The molecule has 4 aromatic rings. The average Bonchev–Trinajstić information content (AvgIpc) is 3.42. The number of nitrogens with zero attached hydrogens (tertiary/aromatic N) is 2. The monoisotopic (exact) mass is 416 g/mol. The molecule has 7 heteroatoms. The Kier molecular flexibility index (Phi) is 5.52. The highest BCUT2D eigenvalue weighted by Gasteiger charge is 2.17. The minimum Gasteiger partial charge on any atom is -0.464 e. The Hall–Kier alpha value is -3.42. The van der Waals surface area contributed by atoms with Gasteiger partial charge in [0.2, 0.25) is 0 Å². The molecule has 1 aliphatic rings. The van der Waals surface area contributed by atoms with Gasteiger partial charge in [0.05, 0.1) is 37.3 Å². The van der Waals surface area contributed by atoms with Crippen molar-refractivity contribution in [1.82, 2.24) is 15.1 Å². The fraction of sp³-hybridized carbons (Fsp3) is 0.250. The predicted molar refractivity (Wildman–Crippen MR) is 118 cm³/mol. The lowest BCUT2D eigenvalue weighted by Crippen LogP contribution is -2.39. The number of rotatable bonds is 6. The van der Waals surface area contributed by atoms with E-state index < -0.39 is 0 Å². The van der Waals surface area contributed by atoms with Gasteiger partial charge in [-0.1, -0.05) is 30.3 Å². The van der Waals surface area contributed by atoms with Crippen molar-refractivity contribution in [3.63, 3.8) is 0 Å². The zero-order valence-corrected chi connectivity index (χ0v) is 17.1. The van der Waals surface area contributed by atoms with Crippen LogP contribution in [0.2, 0.25) is 0 Å². The number of furan rings is 1. The van der Waals surface area contributed by atoms with Gasteiger partial charge in [-0.05, 0) is 17.7 Å². The van der Waals surface area contributed by atoms with Gasteiger partial charge in [-0.25, -0.2) is 0 Å². The number of anilines is 1. The molecular weight excluding hydrogens is 392 g/mol. The molecule has 1 atom stereocenters. The summed E-state index contributed by atoms with van der Waals surface area (Å²) >= 11 is 0. The van der Waals surface area contributed by atoms with Gasteiger partial charge in [0.1, 0.15) is 5.58 Å². The van der Waals surface area contributed by atoms with Gasteiger partial charge >= 0.3 is 0 Å². The molecule has 3 heterocycles. The van der Waals surface area contributed by atoms with Gasteiger partial charge in [-0.2, -0.15) is 5.10 Å². The highest BCUT2D eigenvalue weighted by Crippen LogP contribution is 2.26. The molecule has 1 fully saturated rings. The summed E-state index contributed by atoms with van der Waals surface area (Å²) in [6.07, 6.45) is 6.07. The van der Waals surface area contributed by atoms with Crippen molar-refractivity contribution in [2.24, 2.45) is 0 Å². The molecule has 0 saturated carbocycles. The van der Waals surface area contributed by atoms with Crippen LogP contribution < -0.4 is 10.6 Å². The third kappa shape index (κ3) is 4.52. The van der Waals surface area contributed by atoms with E-state index in [0.29, 0.717) is 17.8 Å². The van der Waals surface area contributed by atoms with Crippen molar-refractivity contribution in [1.29, 1.82) is 0 Å². The molecule has 0 radical (unpaired) electrons. The Morgan fingerprint density at radius 3 is 2.97 bits per heavy atom. The summed E-state index contributed by atoms with van der Waals surface area (Å²) in [5.41, 5.74) is 4.19. The second-order valence-corrected chi connectivity index (χ2v) is 7.74. The van der Waals surface area contributed by atoms with Gasteiger partial charge < -0.3 is 19.8 Å². The van der Waals surface area contributed by atoms with Crippen LogP contribution in [0.3, 0.4) is 0 Å². The van der Waals surface area contributed by atoms with Crippen molar-refractivity contribution < 1.29 is 13.9 Å². The van der Waals surface area contributed by atoms with Crippen molar-refractivity contribution in [3.8, 4) is 0 Å². The largest absolute Gasteiger partial charge is 0.464 e. The number of carbonyl (C=O) groups is 1. The molecule has 0 bridgehead atoms. The van der Waals surface area contributed by atoms with Crippen LogP contribution in [-0.4, -0.2) is 41.5 Å². The number of nitrogens with one attached hydrogen (secondary N) is 2. The van der Waals surface area contributed by atoms with Crippen LogP contribution in [0.25, 0.3) is 11.0 Å². The maximum Gasteiger partial charge on any atom is 0.258 e. The highest BCUT2D eigenvalue weighted by atomic mass is 16.5. The van der Waals surface area contributed by atoms with E-state index in [1.165, 1.54) is 0 Å². The van der Waals surface area contributed by atoms with Crippen LogP contribution in [0.1, 0.15) is 21.5 Å². The smallest absolute Gasteiger partial charge is 0.258 e. The Morgan fingerprint density at radius 2 is 2.13 bits per heavy atom. The number of carbonyl (C=O) groups excluding carboxylic acids is 1. The summed E-state index contributed by atoms with van der Waals surface area (Å²) in [7, 11) is 0. The number of aromatic nitrogens is 2. The Labute approximate surface area is 180 Å². The number of benzene rings is 2. The molecule has 2 aromatic carbocycles. The zero-order chi connectivity index (χ0) is 21.0. The molecule has 1 aliphatic heterocycles. The summed E-state index contributed by atoms with van der Waals surface area (Å²) in [6.45, 7) is 3.10. The first-order chi connectivity index (χ1) is 15.2. The molecule has 2 N–H and O–H groups in total. The van der Waals surface area contributed by atoms with Gasteiger partial charge in [-0.3, -0.25) is 9.48 Å². The van der Waals surface area contributed by atoms with Crippen LogP contribution in [0, 0.1) is 0 Å². The van der Waals surface area contributed by atoms with E-state index in [-0.39, 0.29) is 12.0 Å². The third-order valence-corrected chi connectivity index (χ3v) is 5.45. The number of fused-ring (bicyclic) bond motifs is 1. The number of ether oxygens (including phenoxy) is 1. The van der Waals surface area contributed by atoms with Gasteiger partial charge in [0.25, 0.3) is 5.91 Å². The van der Waals surface area contributed by atoms with Crippen LogP contribution in [-0.2, 0) is 17.7 Å². The number of hydrogen-bond donors (Lipinski definition) is 2. The molecule has 2 aromatic heterocycles. The van der Waals surface area contributed by atoms with E-state index in [9.17, 15) is 4.79 Å². The Bertz CT molecular complexity index is 1180. The molecule has 1 saturated heterocycles. The van der Waals surface area contributed by atoms with Crippen LogP contribution in [0.5, 0.6) is 0 Å². The minimum absolute atomic E-state index is 0.154. The van der Waals surface area contributed by atoms with Crippen LogP contribution in [0.4, 0.5) is 5.69 Å². The Balaban J connectivity index is 1.25. The lowest BCUT2D eigenvalue weighted by atomic mass is 10.1. The van der Waals surface area contributed by atoms with Crippen molar-refractivity contribution >= 4 is 22.6 Å². The summed E-state index contributed by atoms with van der Waals surface area (Å²) in [5, 5.41) is 11.6. The molecule has 1 amide bonds. The Morgan fingerprint density at radius 1 is 1.23 bits per heavy atom. The third-order valence-electron chi connectivity index (χ3n) is 5.45. The van der Waals surface area contributed by atoms with Crippen molar-refractivity contribution in [2.45, 2.75) is 19.1 Å². The lowest BCUT2D eigenvalue weighted by molar-refractivity contribution is 0.0293. The van der Waals surface area contributed by atoms with E-state index in [2.05, 4.69) is 15.7 Å². The SMILES string of the molecule is O=C(Nc1ccc2c(CC3CNCCO3)coc2c1)c1cnn(Cc2ccccc2)c1. The average molecular weight is 416 g/mol. The summed E-state index contributed by atoms with van der Waals surface area (Å²) < 4.78 is 13.3. The first-order valence-corrected chi connectivity index (χ1v) is 10.4. The first-order valence-electron chi connectivity index (χ1n) is 10.4. The van der Waals surface area contributed by atoms with Gasteiger partial charge in [-0.15, -0.1) is 0 Å².